The summed E-state index contributed by atoms with van der Waals surface area (Å²) in [4.78, 5) is 1.26. The maximum atomic E-state index is 4.40. The van der Waals surface area contributed by atoms with E-state index in [4.69, 9.17) is 0 Å². The molecular formula is C17H17N3S. The molecule has 1 aromatic heterocycles. The second kappa shape index (κ2) is 6.50. The molecule has 3 rings (SSSR count). The number of para-hydroxylation sites is 1. The molecule has 0 bridgehead atoms. The van der Waals surface area contributed by atoms with Gasteiger partial charge >= 0.3 is 0 Å². The lowest BCUT2D eigenvalue weighted by atomic mass is 10.3. The molecule has 106 valence electrons. The van der Waals surface area contributed by atoms with E-state index >= 15 is 0 Å². The molecule has 0 saturated heterocycles. The van der Waals surface area contributed by atoms with Crippen LogP contribution in [0, 0.1) is 0 Å². The van der Waals surface area contributed by atoms with Crippen molar-refractivity contribution in [3.05, 3.63) is 72.6 Å². The van der Waals surface area contributed by atoms with Gasteiger partial charge in [-0.15, -0.1) is 11.8 Å². The van der Waals surface area contributed by atoms with Gasteiger partial charge in [0, 0.05) is 28.9 Å². The molecule has 21 heavy (non-hydrogen) atoms. The molecule has 0 aliphatic heterocycles. The first-order valence-corrected chi connectivity index (χ1v) is 8.04. The van der Waals surface area contributed by atoms with Crippen LogP contribution in [0.25, 0.3) is 5.69 Å². The van der Waals surface area contributed by atoms with Crippen molar-refractivity contribution in [3.8, 4) is 5.69 Å². The number of aromatic nitrogens is 2. The van der Waals surface area contributed by atoms with Gasteiger partial charge in [-0.1, -0.05) is 24.3 Å². The lowest BCUT2D eigenvalue weighted by Crippen LogP contribution is -1.98. The van der Waals surface area contributed by atoms with Gasteiger partial charge in [0.1, 0.15) is 0 Å². The van der Waals surface area contributed by atoms with Crippen molar-refractivity contribution in [2.75, 3.05) is 11.6 Å². The van der Waals surface area contributed by atoms with Gasteiger partial charge in [0.15, 0.2) is 0 Å². The predicted molar refractivity (Wildman–Crippen MR) is 89.1 cm³/mol. The van der Waals surface area contributed by atoms with Crippen LogP contribution < -0.4 is 5.32 Å². The average Bonchev–Trinajstić information content (AvgIpc) is 3.03. The fraction of sp³-hybridized carbons (Fsp3) is 0.118. The van der Waals surface area contributed by atoms with Gasteiger partial charge < -0.3 is 5.32 Å². The summed E-state index contributed by atoms with van der Waals surface area (Å²) < 4.78 is 1.90. The summed E-state index contributed by atoms with van der Waals surface area (Å²) in [5.74, 6) is 0. The number of rotatable bonds is 5. The summed E-state index contributed by atoms with van der Waals surface area (Å²) in [6, 6.07) is 18.6. The molecule has 0 unspecified atom stereocenters. The van der Waals surface area contributed by atoms with E-state index in [0.29, 0.717) is 0 Å². The van der Waals surface area contributed by atoms with Crippen molar-refractivity contribution < 1.29 is 0 Å². The van der Waals surface area contributed by atoms with Crippen LogP contribution in [-0.4, -0.2) is 16.0 Å². The number of nitrogens with zero attached hydrogens (tertiary/aromatic N) is 2. The van der Waals surface area contributed by atoms with Crippen molar-refractivity contribution in [3.63, 3.8) is 0 Å². The van der Waals surface area contributed by atoms with Crippen LogP contribution in [0.2, 0.25) is 0 Å². The van der Waals surface area contributed by atoms with Crippen LogP contribution >= 0.6 is 11.8 Å². The number of thioether (sulfide) groups is 1. The minimum Gasteiger partial charge on any atom is -0.381 e. The zero-order chi connectivity index (χ0) is 14.5. The Morgan fingerprint density at radius 2 is 1.95 bits per heavy atom. The molecule has 3 nitrogen and oxygen atoms in total. The van der Waals surface area contributed by atoms with E-state index in [1.807, 2.05) is 41.2 Å². The van der Waals surface area contributed by atoms with Gasteiger partial charge in [-0.2, -0.15) is 5.10 Å². The topological polar surface area (TPSA) is 29.9 Å². The molecule has 0 spiro atoms. The Bertz CT molecular complexity index is 707. The van der Waals surface area contributed by atoms with Gasteiger partial charge in [-0.25, -0.2) is 4.68 Å². The van der Waals surface area contributed by atoms with E-state index in [0.717, 1.165) is 23.5 Å². The van der Waals surface area contributed by atoms with Gasteiger partial charge in [0.25, 0.3) is 0 Å². The van der Waals surface area contributed by atoms with Crippen molar-refractivity contribution in [2.45, 2.75) is 11.4 Å². The molecule has 0 radical (unpaired) electrons. The largest absolute Gasteiger partial charge is 0.381 e. The highest BCUT2D eigenvalue weighted by molar-refractivity contribution is 7.98. The van der Waals surface area contributed by atoms with Crippen molar-refractivity contribution in [1.82, 2.24) is 9.78 Å². The van der Waals surface area contributed by atoms with Crippen molar-refractivity contribution in [2.24, 2.45) is 0 Å². The Balaban J connectivity index is 1.67. The second-order valence-electron chi connectivity index (χ2n) is 4.71. The summed E-state index contributed by atoms with van der Waals surface area (Å²) in [6.45, 7) is 0.769. The van der Waals surface area contributed by atoms with Crippen LogP contribution in [0.15, 0.2) is 71.9 Å². The SMILES string of the molecule is CSc1cccc(NCc2cnn(-c3ccccc3)c2)c1. The zero-order valence-corrected chi connectivity index (χ0v) is 12.7. The molecule has 4 heteroatoms. The number of anilines is 1. The van der Waals surface area contributed by atoms with Crippen LogP contribution in [0.5, 0.6) is 0 Å². The number of benzene rings is 2. The third-order valence-electron chi connectivity index (χ3n) is 3.22. The fourth-order valence-corrected chi connectivity index (χ4v) is 2.57. The Hall–Kier alpha value is -2.20. The minimum absolute atomic E-state index is 0.769. The minimum atomic E-state index is 0.769. The molecule has 0 aliphatic carbocycles. The average molecular weight is 295 g/mol. The Kier molecular flexibility index (Phi) is 4.26. The van der Waals surface area contributed by atoms with E-state index in [9.17, 15) is 0 Å². The van der Waals surface area contributed by atoms with Gasteiger partial charge in [-0.3, -0.25) is 0 Å². The second-order valence-corrected chi connectivity index (χ2v) is 5.59. The zero-order valence-electron chi connectivity index (χ0n) is 11.9. The van der Waals surface area contributed by atoms with Gasteiger partial charge in [0.2, 0.25) is 0 Å². The van der Waals surface area contributed by atoms with Crippen molar-refractivity contribution >= 4 is 17.4 Å². The molecule has 0 aliphatic rings. The first-order valence-electron chi connectivity index (χ1n) is 6.82. The highest BCUT2D eigenvalue weighted by Crippen LogP contribution is 2.19. The van der Waals surface area contributed by atoms with Crippen LogP contribution in [0.1, 0.15) is 5.56 Å². The maximum absolute atomic E-state index is 4.40. The summed E-state index contributed by atoms with van der Waals surface area (Å²) in [6.07, 6.45) is 6.04. The van der Waals surface area contributed by atoms with E-state index in [2.05, 4.69) is 47.1 Å². The van der Waals surface area contributed by atoms with E-state index in [1.54, 1.807) is 11.8 Å². The molecule has 1 heterocycles. The molecule has 0 atom stereocenters. The monoisotopic (exact) mass is 295 g/mol. The highest BCUT2D eigenvalue weighted by Gasteiger charge is 2.01. The summed E-state index contributed by atoms with van der Waals surface area (Å²) in [7, 11) is 0. The number of hydrogen-bond donors (Lipinski definition) is 1. The first kappa shape index (κ1) is 13.8. The number of hydrogen-bond acceptors (Lipinski definition) is 3. The number of nitrogens with one attached hydrogen (secondary N) is 1. The molecule has 0 amide bonds. The van der Waals surface area contributed by atoms with Gasteiger partial charge in [-0.05, 0) is 36.6 Å². The smallest absolute Gasteiger partial charge is 0.0645 e. The molecule has 0 saturated carbocycles. The molecule has 1 N–H and O–H groups in total. The lowest BCUT2D eigenvalue weighted by molar-refractivity contribution is 0.880. The van der Waals surface area contributed by atoms with E-state index in [1.165, 1.54) is 4.90 Å². The third-order valence-corrected chi connectivity index (χ3v) is 3.95. The van der Waals surface area contributed by atoms with E-state index < -0.39 is 0 Å². The van der Waals surface area contributed by atoms with Crippen LogP contribution in [-0.2, 0) is 6.54 Å². The highest BCUT2D eigenvalue weighted by atomic mass is 32.2. The van der Waals surface area contributed by atoms with Gasteiger partial charge in [0.05, 0.1) is 11.9 Å². The molecule has 0 fully saturated rings. The standard InChI is InChI=1S/C17H17N3S/c1-21-17-9-5-6-15(10-17)18-11-14-12-19-20(13-14)16-7-3-2-4-8-16/h2-10,12-13,18H,11H2,1H3. The van der Waals surface area contributed by atoms with Crippen molar-refractivity contribution in [1.29, 1.82) is 0 Å². The normalized spacial score (nSPS) is 10.5. The summed E-state index contributed by atoms with van der Waals surface area (Å²) in [5.41, 5.74) is 3.37. The Morgan fingerprint density at radius 3 is 2.76 bits per heavy atom. The quantitative estimate of drug-likeness (QED) is 0.715. The third kappa shape index (κ3) is 3.47. The predicted octanol–water partition coefficient (Wildman–Crippen LogP) is 4.21. The maximum Gasteiger partial charge on any atom is 0.0645 e. The molecule has 2 aromatic carbocycles. The Morgan fingerprint density at radius 1 is 1.10 bits per heavy atom. The lowest BCUT2D eigenvalue weighted by Gasteiger charge is -2.06. The first-order chi connectivity index (χ1) is 10.3. The fourth-order valence-electron chi connectivity index (χ4n) is 2.11. The van der Waals surface area contributed by atoms with Crippen LogP contribution in [0.3, 0.4) is 0 Å². The Labute approximate surface area is 129 Å². The summed E-state index contributed by atoms with van der Waals surface area (Å²) in [5, 5.41) is 7.84. The molecule has 3 aromatic rings. The van der Waals surface area contributed by atoms with E-state index in [-0.39, 0.29) is 0 Å². The molecular weight excluding hydrogens is 278 g/mol. The summed E-state index contributed by atoms with van der Waals surface area (Å²) >= 11 is 1.75. The van der Waals surface area contributed by atoms with Crippen LogP contribution in [0.4, 0.5) is 5.69 Å².